The summed E-state index contributed by atoms with van der Waals surface area (Å²) in [5.41, 5.74) is 0.120. The molecule has 11 heavy (non-hydrogen) atoms. The normalized spacial score (nSPS) is 28.4. The monoisotopic (exact) mass is 176 g/mol. The topological polar surface area (TPSA) is 43.4 Å². The summed E-state index contributed by atoms with van der Waals surface area (Å²) >= 11 is 0. The van der Waals surface area contributed by atoms with Gasteiger partial charge in [-0.25, -0.2) is 0 Å². The third-order valence-electron chi connectivity index (χ3n) is 1.41. The first-order valence-corrected chi connectivity index (χ1v) is 4.98. The van der Waals surface area contributed by atoms with Crippen molar-refractivity contribution in [2.24, 2.45) is 0 Å². The lowest BCUT2D eigenvalue weighted by molar-refractivity contribution is 0.110. The van der Waals surface area contributed by atoms with E-state index in [0.29, 0.717) is 6.42 Å². The highest BCUT2D eigenvalue weighted by Crippen LogP contribution is 2.28. The largest absolute Gasteiger partial charge is 0.271 e. The Morgan fingerprint density at radius 3 is 2.45 bits per heavy atom. The van der Waals surface area contributed by atoms with Gasteiger partial charge in [0, 0.05) is 0 Å². The Balaban J connectivity index is 2.92. The fourth-order valence-electron chi connectivity index (χ4n) is 1.31. The van der Waals surface area contributed by atoms with Gasteiger partial charge in [-0.3, -0.25) is 4.18 Å². The SMILES string of the molecule is C=C1CC(C)(C)OS(=O)(=O)C1. The van der Waals surface area contributed by atoms with Crippen molar-refractivity contribution in [1.29, 1.82) is 0 Å². The summed E-state index contributed by atoms with van der Waals surface area (Å²) < 4.78 is 26.8. The molecule has 1 rings (SSSR count). The summed E-state index contributed by atoms with van der Waals surface area (Å²) in [6.07, 6.45) is 0.617. The van der Waals surface area contributed by atoms with E-state index in [2.05, 4.69) is 6.58 Å². The van der Waals surface area contributed by atoms with Crippen LogP contribution in [0.1, 0.15) is 20.3 Å². The third kappa shape index (κ3) is 2.31. The quantitative estimate of drug-likeness (QED) is 0.409. The number of hydrogen-bond donors (Lipinski definition) is 0. The Labute approximate surface area is 67.2 Å². The van der Waals surface area contributed by atoms with Gasteiger partial charge in [0.25, 0.3) is 10.1 Å². The lowest BCUT2D eigenvalue weighted by Gasteiger charge is -2.30. The predicted octanol–water partition coefficient (Wildman–Crippen LogP) is 1.07. The molecule has 3 nitrogen and oxygen atoms in total. The predicted molar refractivity (Wildman–Crippen MR) is 42.7 cm³/mol. The molecule has 1 aliphatic heterocycles. The van der Waals surface area contributed by atoms with Crippen molar-refractivity contribution in [3.8, 4) is 0 Å². The van der Waals surface area contributed by atoms with Gasteiger partial charge < -0.3 is 0 Å². The van der Waals surface area contributed by atoms with E-state index in [0.717, 1.165) is 5.57 Å². The molecular formula is C7H12O3S. The molecule has 1 fully saturated rings. The zero-order valence-electron chi connectivity index (χ0n) is 6.75. The van der Waals surface area contributed by atoms with E-state index in [-0.39, 0.29) is 5.75 Å². The minimum absolute atomic E-state index is 0.0313. The summed E-state index contributed by atoms with van der Waals surface area (Å²) in [5.74, 6) is -0.0313. The van der Waals surface area contributed by atoms with Crippen LogP contribution < -0.4 is 0 Å². The maximum atomic E-state index is 11.0. The van der Waals surface area contributed by atoms with E-state index < -0.39 is 15.7 Å². The first-order chi connectivity index (χ1) is 4.81. The molecule has 0 unspecified atom stereocenters. The van der Waals surface area contributed by atoms with Crippen LogP contribution in [0.2, 0.25) is 0 Å². The molecule has 0 atom stereocenters. The van der Waals surface area contributed by atoms with Gasteiger partial charge in [-0.1, -0.05) is 12.2 Å². The molecule has 0 amide bonds. The van der Waals surface area contributed by atoms with E-state index in [1.807, 2.05) is 0 Å². The minimum atomic E-state index is -3.34. The number of rotatable bonds is 0. The van der Waals surface area contributed by atoms with Crippen molar-refractivity contribution >= 4 is 10.1 Å². The summed E-state index contributed by atoms with van der Waals surface area (Å²) in [6, 6.07) is 0. The highest BCUT2D eigenvalue weighted by atomic mass is 32.2. The second-order valence-corrected chi connectivity index (χ2v) is 5.04. The molecule has 0 N–H and O–H groups in total. The van der Waals surface area contributed by atoms with Crippen LogP contribution in [0.15, 0.2) is 12.2 Å². The van der Waals surface area contributed by atoms with Crippen LogP contribution in [0, 0.1) is 0 Å². The molecule has 0 bridgehead atoms. The van der Waals surface area contributed by atoms with Gasteiger partial charge >= 0.3 is 0 Å². The summed E-state index contributed by atoms with van der Waals surface area (Å²) in [6.45, 7) is 7.14. The van der Waals surface area contributed by atoms with E-state index >= 15 is 0 Å². The Hall–Kier alpha value is -0.350. The molecule has 4 heteroatoms. The van der Waals surface area contributed by atoms with Crippen LogP contribution in [-0.2, 0) is 14.3 Å². The second-order valence-electron chi connectivity index (χ2n) is 3.47. The summed E-state index contributed by atoms with van der Waals surface area (Å²) in [4.78, 5) is 0. The summed E-state index contributed by atoms with van der Waals surface area (Å²) in [7, 11) is -3.34. The van der Waals surface area contributed by atoms with Crippen LogP contribution in [0.5, 0.6) is 0 Å². The van der Waals surface area contributed by atoms with Crippen LogP contribution in [0.4, 0.5) is 0 Å². The van der Waals surface area contributed by atoms with Crippen molar-refractivity contribution in [2.45, 2.75) is 25.9 Å². The highest BCUT2D eigenvalue weighted by molar-refractivity contribution is 7.87. The van der Waals surface area contributed by atoms with Crippen molar-refractivity contribution < 1.29 is 12.6 Å². The van der Waals surface area contributed by atoms with Crippen LogP contribution in [-0.4, -0.2) is 19.8 Å². The van der Waals surface area contributed by atoms with Gasteiger partial charge in [0.05, 0.1) is 11.4 Å². The van der Waals surface area contributed by atoms with E-state index in [1.165, 1.54) is 0 Å². The van der Waals surface area contributed by atoms with Crippen molar-refractivity contribution in [3.05, 3.63) is 12.2 Å². The number of hydrogen-bond acceptors (Lipinski definition) is 3. The molecule has 1 saturated heterocycles. The fraction of sp³-hybridized carbons (Fsp3) is 0.714. The first-order valence-electron chi connectivity index (χ1n) is 3.41. The third-order valence-corrected chi connectivity index (χ3v) is 2.88. The summed E-state index contributed by atoms with van der Waals surface area (Å²) in [5, 5.41) is 0. The van der Waals surface area contributed by atoms with Gasteiger partial charge in [0.15, 0.2) is 0 Å². The minimum Gasteiger partial charge on any atom is -0.263 e. The zero-order valence-corrected chi connectivity index (χ0v) is 7.57. The van der Waals surface area contributed by atoms with Crippen molar-refractivity contribution in [2.75, 3.05) is 5.75 Å². The smallest absolute Gasteiger partial charge is 0.263 e. The molecule has 0 aromatic heterocycles. The molecule has 1 heterocycles. The standard InChI is InChI=1S/C7H12O3S/c1-6-4-7(2,3)10-11(8,9)5-6/h1,4-5H2,2-3H3. The fourth-order valence-corrected chi connectivity index (χ4v) is 2.71. The van der Waals surface area contributed by atoms with Crippen LogP contribution >= 0.6 is 0 Å². The maximum Gasteiger partial charge on any atom is 0.271 e. The molecule has 0 aromatic rings. The van der Waals surface area contributed by atoms with E-state index in [9.17, 15) is 8.42 Å². The molecule has 0 aromatic carbocycles. The molecule has 1 aliphatic rings. The molecular weight excluding hydrogens is 164 g/mol. The lowest BCUT2D eigenvalue weighted by atomic mass is 10.0. The maximum absolute atomic E-state index is 11.0. The zero-order chi connectivity index (χ0) is 8.70. The van der Waals surface area contributed by atoms with Gasteiger partial charge in [-0.2, -0.15) is 8.42 Å². The van der Waals surface area contributed by atoms with E-state index in [4.69, 9.17) is 4.18 Å². The second kappa shape index (κ2) is 2.32. The Bertz CT molecular complexity index is 274. The average molecular weight is 176 g/mol. The van der Waals surface area contributed by atoms with Gasteiger partial charge in [-0.05, 0) is 20.3 Å². The van der Waals surface area contributed by atoms with Gasteiger partial charge in [0.2, 0.25) is 0 Å². The molecule has 64 valence electrons. The molecule has 0 radical (unpaired) electrons. The van der Waals surface area contributed by atoms with Crippen LogP contribution in [0.25, 0.3) is 0 Å². The van der Waals surface area contributed by atoms with E-state index in [1.54, 1.807) is 13.8 Å². The average Bonchev–Trinajstić information content (AvgIpc) is 1.49. The van der Waals surface area contributed by atoms with Crippen LogP contribution in [0.3, 0.4) is 0 Å². The van der Waals surface area contributed by atoms with Crippen molar-refractivity contribution in [3.63, 3.8) is 0 Å². The lowest BCUT2D eigenvalue weighted by Crippen LogP contribution is -2.35. The van der Waals surface area contributed by atoms with Gasteiger partial charge in [-0.15, -0.1) is 0 Å². The Kier molecular flexibility index (Phi) is 1.84. The highest BCUT2D eigenvalue weighted by Gasteiger charge is 2.33. The molecule has 0 spiro atoms. The molecule has 0 saturated carbocycles. The molecule has 0 aliphatic carbocycles. The Morgan fingerprint density at radius 1 is 1.55 bits per heavy atom. The van der Waals surface area contributed by atoms with Crippen molar-refractivity contribution in [1.82, 2.24) is 0 Å². The van der Waals surface area contributed by atoms with Gasteiger partial charge in [0.1, 0.15) is 0 Å². The first kappa shape index (κ1) is 8.74. The Morgan fingerprint density at radius 2 is 2.09 bits per heavy atom.